The number of phosphoric ester groups is 1. The minimum atomic E-state index is -6.04. The smallest absolute Gasteiger partial charge is 0.308 e. The van der Waals surface area contributed by atoms with Gasteiger partial charge in [0.15, 0.2) is 24.8 Å². The minimum absolute atomic E-state index is 0.229. The van der Waals surface area contributed by atoms with Crippen molar-refractivity contribution in [3.8, 4) is 0 Å². The molecule has 2 saturated heterocycles. The number of esters is 2. The molecule has 0 bridgehead atoms. The predicted molar refractivity (Wildman–Crippen MR) is 345 cm³/mol. The van der Waals surface area contributed by atoms with E-state index in [4.69, 9.17) is 28.2 Å². The second-order valence-corrected chi connectivity index (χ2v) is 27.2. The molecule has 0 spiro atoms. The van der Waals surface area contributed by atoms with E-state index in [0.29, 0.717) is 32.1 Å². The number of hydrogen-bond acceptors (Lipinski definition) is 20. The molecule has 536 valence electrons. The molecule has 2 fully saturated rings. The van der Waals surface area contributed by atoms with Gasteiger partial charge in [-0.2, -0.15) is 0 Å². The lowest BCUT2D eigenvalue weighted by atomic mass is 9.95. The molecule has 9 N–H and O–H groups in total. The molecule has 0 unspecified atom stereocenters. The van der Waals surface area contributed by atoms with Gasteiger partial charge in [-0.25, -0.2) is 0 Å². The minimum Gasteiger partial charge on any atom is -0.790 e. The molecule has 0 saturated carbocycles. The second-order valence-electron chi connectivity index (χ2n) is 26.1. The average molecular weight is 1320 g/mol. The molecule has 91 heavy (non-hydrogen) atoms. The summed E-state index contributed by atoms with van der Waals surface area (Å²) in [6.07, 6.45) is 16.5. The van der Waals surface area contributed by atoms with Crippen LogP contribution >= 0.6 is 7.82 Å². The molecule has 2 aliphatic heterocycles. The van der Waals surface area contributed by atoms with E-state index in [1.807, 2.05) is 0 Å². The number of carbonyl (C=O) groups excluding carboxylic acids is 4. The van der Waals surface area contributed by atoms with Crippen LogP contribution in [0.5, 0.6) is 0 Å². The highest BCUT2D eigenvalue weighted by atomic mass is 31.2. The summed E-state index contributed by atoms with van der Waals surface area (Å²) in [7, 11) is -6.04. The van der Waals surface area contributed by atoms with E-state index in [1.165, 1.54) is 64.2 Å². The SMILES string of the molecule is CCCCCCCCCCC[C@@H](O)CC(=O)N[C@H]1[C@H](OC[C@H]2O[C@H](OP(=O)([O-])[O-])[C@H](NC(=O)C[C@H](O)CCCCCCCCCCC)[C@@H](OC(=O)C[C@H](O)CCCCCCCCCCC)[C@@H]2O)O[C@H](CO)[C@@H](O)[C@@H]1OC(=O)C[C@H](O)CCCCCCCCCCC. The summed E-state index contributed by atoms with van der Waals surface area (Å²) >= 11 is 0. The van der Waals surface area contributed by atoms with Crippen LogP contribution in [-0.4, -0.2) is 158 Å². The summed E-state index contributed by atoms with van der Waals surface area (Å²) in [5.74, 6) is -3.72. The van der Waals surface area contributed by atoms with Crippen LogP contribution < -0.4 is 20.4 Å². The van der Waals surface area contributed by atoms with Gasteiger partial charge in [0.1, 0.15) is 36.5 Å². The van der Waals surface area contributed by atoms with Crippen molar-refractivity contribution in [1.29, 1.82) is 0 Å². The van der Waals surface area contributed by atoms with Gasteiger partial charge in [0.05, 0.1) is 71.1 Å². The molecule has 14 atom stereocenters. The Morgan fingerprint density at radius 3 is 1.01 bits per heavy atom. The van der Waals surface area contributed by atoms with E-state index in [2.05, 4.69) is 38.3 Å². The molecule has 0 radical (unpaired) electrons. The summed E-state index contributed by atoms with van der Waals surface area (Å²) in [5.41, 5.74) is 0. The van der Waals surface area contributed by atoms with Crippen molar-refractivity contribution in [3.63, 3.8) is 0 Å². The summed E-state index contributed by atoms with van der Waals surface area (Å²) < 4.78 is 46.9. The van der Waals surface area contributed by atoms with Crippen molar-refractivity contribution < 1.29 is 97.5 Å². The van der Waals surface area contributed by atoms with E-state index in [0.717, 1.165) is 141 Å². The molecule has 23 heteroatoms. The molecule has 0 aliphatic carbocycles. The van der Waals surface area contributed by atoms with Crippen LogP contribution in [0, 0.1) is 0 Å². The summed E-state index contributed by atoms with van der Waals surface area (Å²) in [6, 6.07) is -3.54. The van der Waals surface area contributed by atoms with Crippen molar-refractivity contribution in [2.45, 2.75) is 396 Å². The second kappa shape index (κ2) is 52.7. The highest BCUT2D eigenvalue weighted by Gasteiger charge is 2.52. The summed E-state index contributed by atoms with van der Waals surface area (Å²) in [5, 5.41) is 83.2. The van der Waals surface area contributed by atoms with E-state index < -0.39 is 156 Å². The van der Waals surface area contributed by atoms with Crippen molar-refractivity contribution in [1.82, 2.24) is 10.6 Å². The van der Waals surface area contributed by atoms with Gasteiger partial charge in [-0.05, 0) is 25.7 Å². The zero-order valence-corrected chi connectivity index (χ0v) is 57.4. The fourth-order valence-electron chi connectivity index (χ4n) is 12.1. The number of hydrogen-bond donors (Lipinski definition) is 9. The maximum Gasteiger partial charge on any atom is 0.308 e. The number of carbonyl (C=O) groups is 4. The predicted octanol–water partition coefficient (Wildman–Crippen LogP) is 9.49. The first-order valence-electron chi connectivity index (χ1n) is 36.1. The molecule has 0 aromatic heterocycles. The first kappa shape index (κ1) is 84.7. The number of aliphatic hydroxyl groups is 7. The Labute approximate surface area is 546 Å². The Balaban J connectivity index is 2.43. The Hall–Kier alpha value is -2.41. The van der Waals surface area contributed by atoms with E-state index in [1.54, 1.807) is 0 Å². The number of rotatable bonds is 58. The Morgan fingerprint density at radius 2 is 0.703 bits per heavy atom. The Morgan fingerprint density at radius 1 is 0.429 bits per heavy atom. The zero-order valence-electron chi connectivity index (χ0n) is 56.5. The molecule has 2 rings (SSSR count). The van der Waals surface area contributed by atoms with Crippen LogP contribution in [-0.2, 0) is 52.0 Å². The van der Waals surface area contributed by atoms with Gasteiger partial charge in [0, 0.05) is 0 Å². The number of amides is 2. The van der Waals surface area contributed by atoms with Gasteiger partial charge in [0.2, 0.25) is 11.8 Å². The van der Waals surface area contributed by atoms with Crippen molar-refractivity contribution in [3.05, 3.63) is 0 Å². The van der Waals surface area contributed by atoms with Gasteiger partial charge in [-0.15, -0.1) is 0 Å². The van der Waals surface area contributed by atoms with Gasteiger partial charge < -0.3 is 88.9 Å². The third kappa shape index (κ3) is 40.7. The van der Waals surface area contributed by atoms with E-state index in [-0.39, 0.29) is 19.3 Å². The molecule has 2 amide bonds. The largest absolute Gasteiger partial charge is 0.790 e. The molecule has 2 heterocycles. The molecule has 0 aromatic rings. The van der Waals surface area contributed by atoms with Crippen molar-refractivity contribution in [2.75, 3.05) is 13.2 Å². The third-order valence-corrected chi connectivity index (χ3v) is 18.1. The van der Waals surface area contributed by atoms with Crippen LogP contribution in [0.15, 0.2) is 0 Å². The lowest BCUT2D eigenvalue weighted by Gasteiger charge is -2.47. The maximum absolute atomic E-state index is 13.9. The molecular formula is C68H127N2O20P-2. The highest BCUT2D eigenvalue weighted by molar-refractivity contribution is 7.43. The van der Waals surface area contributed by atoms with Gasteiger partial charge in [0.25, 0.3) is 0 Å². The number of aliphatic hydroxyl groups excluding tert-OH is 7. The van der Waals surface area contributed by atoms with Crippen LogP contribution in [0.1, 0.15) is 310 Å². The Bertz CT molecular complexity index is 1890. The van der Waals surface area contributed by atoms with E-state index >= 15 is 0 Å². The number of unbranched alkanes of at least 4 members (excludes halogenated alkanes) is 32. The molecular weight excluding hydrogens is 1200 g/mol. The van der Waals surface area contributed by atoms with Crippen LogP contribution in [0.4, 0.5) is 0 Å². The maximum atomic E-state index is 13.9. The van der Waals surface area contributed by atoms with Gasteiger partial charge in [-0.1, -0.05) is 259 Å². The summed E-state index contributed by atoms with van der Waals surface area (Å²) in [6.45, 7) is 6.88. The van der Waals surface area contributed by atoms with Gasteiger partial charge in [-0.3, -0.25) is 19.2 Å². The van der Waals surface area contributed by atoms with Gasteiger partial charge >= 0.3 is 11.9 Å². The van der Waals surface area contributed by atoms with Crippen LogP contribution in [0.2, 0.25) is 0 Å². The zero-order chi connectivity index (χ0) is 67.1. The monoisotopic (exact) mass is 1320 g/mol. The Kier molecular flexibility index (Phi) is 49.1. The fraction of sp³-hybridized carbons (Fsp3) is 0.941. The number of ether oxygens (including phenoxy) is 5. The summed E-state index contributed by atoms with van der Waals surface area (Å²) in [4.78, 5) is 79.9. The fourth-order valence-corrected chi connectivity index (χ4v) is 12.6. The first-order valence-corrected chi connectivity index (χ1v) is 37.5. The third-order valence-electron chi connectivity index (χ3n) is 17.6. The quantitative estimate of drug-likeness (QED) is 0.0155. The normalized spacial score (nSPS) is 23.3. The number of phosphoric acid groups is 1. The number of nitrogens with one attached hydrogen (secondary N) is 2. The standard InChI is InChI=1S/C68H129N2O20P/c1-5-9-13-17-21-25-29-33-37-41-51(72)45-57(76)69-61-65(88-59(78)47-53(74)43-39-35-31-27-23-19-15-11-7-3)63(80)55(49-71)86-67(61)85-50-56-64(81)66(89-60(79)48-54(75)44-40-36-32-28-24-20-16-12-8-4)62(68(87-56)90-91(82,83)84)70-58(77)46-52(73)42-38-34-30-26-22-18-14-10-6-2/h51-56,61-68,71-75,80-81H,5-50H2,1-4H3,(H,69,76)(H,70,77)(H2,82,83,84)/p-2/t51-,52-,53-,54-,55-,56-,61-,62-,63-,64-,65-,66-,67-,68-/m1/s1. The highest BCUT2D eigenvalue weighted by Crippen LogP contribution is 2.36. The lowest BCUT2D eigenvalue weighted by molar-refractivity contribution is -0.364. The van der Waals surface area contributed by atoms with Crippen molar-refractivity contribution in [2.24, 2.45) is 0 Å². The average Bonchev–Trinajstić information content (AvgIpc) is 1.02. The van der Waals surface area contributed by atoms with Crippen molar-refractivity contribution >= 4 is 31.6 Å². The van der Waals surface area contributed by atoms with Crippen LogP contribution in [0.25, 0.3) is 0 Å². The molecule has 22 nitrogen and oxygen atoms in total. The first-order chi connectivity index (χ1) is 43.8. The molecule has 0 aromatic carbocycles. The van der Waals surface area contributed by atoms with Crippen LogP contribution in [0.3, 0.4) is 0 Å². The lowest BCUT2D eigenvalue weighted by Crippen LogP contribution is -2.68. The van der Waals surface area contributed by atoms with E-state index in [9.17, 15) is 69.3 Å². The topological polar surface area (TPSA) is 353 Å². The molecule has 2 aliphatic rings.